The van der Waals surface area contributed by atoms with Gasteiger partial charge < -0.3 is 10.1 Å². The highest BCUT2D eigenvalue weighted by molar-refractivity contribution is 9.10. The van der Waals surface area contributed by atoms with Crippen LogP contribution in [0.4, 0.5) is 0 Å². The Morgan fingerprint density at radius 1 is 1.14 bits per heavy atom. The molecule has 29 heavy (non-hydrogen) atoms. The smallest absolute Gasteiger partial charge is 0.323 e. The molecule has 0 aliphatic carbocycles. The lowest BCUT2D eigenvalue weighted by molar-refractivity contribution is -0.145. The third-order valence-electron chi connectivity index (χ3n) is 4.53. The summed E-state index contributed by atoms with van der Waals surface area (Å²) in [6, 6.07) is 14.6. The predicted octanol–water partition coefficient (Wildman–Crippen LogP) is 3.92. The van der Waals surface area contributed by atoms with E-state index in [1.165, 1.54) is 17.7 Å². The molecule has 1 saturated heterocycles. The number of halogens is 1. The first-order valence-electron chi connectivity index (χ1n) is 9.40. The van der Waals surface area contributed by atoms with Gasteiger partial charge in [-0.25, -0.2) is 0 Å². The molecular weight excluding hydrogens is 458 g/mol. The number of carbonyl (C=O) groups is 1. The minimum absolute atomic E-state index is 0.0666. The Morgan fingerprint density at radius 2 is 1.76 bits per heavy atom. The third-order valence-corrected chi connectivity index (χ3v) is 5.92. The van der Waals surface area contributed by atoms with Gasteiger partial charge in [-0.3, -0.25) is 9.35 Å². The molecule has 0 radical (unpaired) electrons. The van der Waals surface area contributed by atoms with Crippen molar-refractivity contribution in [1.29, 1.82) is 0 Å². The normalized spacial score (nSPS) is 18.6. The minimum atomic E-state index is -4.02. The summed E-state index contributed by atoms with van der Waals surface area (Å²) in [5.41, 5.74) is 2.25. The Hall–Kier alpha value is -1.74. The van der Waals surface area contributed by atoms with Gasteiger partial charge in [0.1, 0.15) is 6.04 Å². The Balaban J connectivity index is 0.000000234. The van der Waals surface area contributed by atoms with Gasteiger partial charge in [-0.15, -0.1) is 0 Å². The van der Waals surface area contributed by atoms with Crippen molar-refractivity contribution in [2.24, 2.45) is 0 Å². The quantitative estimate of drug-likeness (QED) is 0.494. The van der Waals surface area contributed by atoms with E-state index >= 15 is 0 Å². The standard InChI is InChI=1S/C14H18BrNO2.C7H8O3S/c1-2-18-14(17)13-8-7-12(16-13)9-10-3-5-11(15)6-4-10;1-6-2-4-7(5-3-6)11(8,9)10/h3-6,12-13,16H,2,7-9H2,1H3;2-5H,1H3,(H,8,9,10)/t12-,13+;/m0./s1. The average Bonchev–Trinajstić information content (AvgIpc) is 3.13. The number of carbonyl (C=O) groups excluding carboxylic acids is 1. The van der Waals surface area contributed by atoms with Crippen LogP contribution < -0.4 is 5.32 Å². The molecule has 2 aromatic rings. The van der Waals surface area contributed by atoms with Gasteiger partial charge in [0.05, 0.1) is 11.5 Å². The van der Waals surface area contributed by atoms with E-state index in [2.05, 4.69) is 33.4 Å². The fourth-order valence-electron chi connectivity index (χ4n) is 3.02. The number of hydrogen-bond acceptors (Lipinski definition) is 5. The van der Waals surface area contributed by atoms with Crippen molar-refractivity contribution in [3.63, 3.8) is 0 Å². The van der Waals surface area contributed by atoms with E-state index in [1.807, 2.05) is 26.0 Å². The van der Waals surface area contributed by atoms with E-state index < -0.39 is 10.1 Å². The van der Waals surface area contributed by atoms with Gasteiger partial charge in [0.15, 0.2) is 0 Å². The lowest BCUT2D eigenvalue weighted by Crippen LogP contribution is -2.37. The molecule has 0 unspecified atom stereocenters. The fourth-order valence-corrected chi connectivity index (χ4v) is 3.77. The Labute approximate surface area is 180 Å². The molecule has 2 atom stereocenters. The highest BCUT2D eigenvalue weighted by Crippen LogP contribution is 2.19. The third kappa shape index (κ3) is 7.89. The number of nitrogens with one attached hydrogen (secondary N) is 1. The van der Waals surface area contributed by atoms with Gasteiger partial charge in [-0.1, -0.05) is 45.8 Å². The lowest BCUT2D eigenvalue weighted by Gasteiger charge is -2.13. The molecule has 1 aliphatic heterocycles. The SMILES string of the molecule is CCOC(=O)[C@H]1CC[C@@H](Cc2ccc(Br)cc2)N1.Cc1ccc(S(=O)(=O)O)cc1. The zero-order chi connectivity index (χ0) is 21.4. The van der Waals surface area contributed by atoms with Crippen molar-refractivity contribution in [3.8, 4) is 0 Å². The molecule has 2 N–H and O–H groups in total. The largest absolute Gasteiger partial charge is 0.465 e. The summed E-state index contributed by atoms with van der Waals surface area (Å²) < 4.78 is 35.7. The fraction of sp³-hybridized carbons (Fsp3) is 0.381. The molecule has 0 aromatic heterocycles. The van der Waals surface area contributed by atoms with Crippen molar-refractivity contribution in [1.82, 2.24) is 5.32 Å². The van der Waals surface area contributed by atoms with Crippen LogP contribution in [0.3, 0.4) is 0 Å². The predicted molar refractivity (Wildman–Crippen MR) is 115 cm³/mol. The van der Waals surface area contributed by atoms with Crippen LogP contribution >= 0.6 is 15.9 Å². The topological polar surface area (TPSA) is 92.7 Å². The Morgan fingerprint density at radius 3 is 2.31 bits per heavy atom. The first kappa shape index (κ1) is 23.5. The molecule has 6 nitrogen and oxygen atoms in total. The second-order valence-corrected chi connectivity index (χ2v) is 9.20. The van der Waals surface area contributed by atoms with Gasteiger partial charge in [0, 0.05) is 10.5 Å². The first-order chi connectivity index (χ1) is 13.7. The van der Waals surface area contributed by atoms with E-state index in [4.69, 9.17) is 9.29 Å². The molecule has 1 heterocycles. The molecular formula is C21H26BrNO5S. The van der Waals surface area contributed by atoms with Crippen molar-refractivity contribution >= 4 is 32.0 Å². The summed E-state index contributed by atoms with van der Waals surface area (Å²) in [5.74, 6) is -0.115. The summed E-state index contributed by atoms with van der Waals surface area (Å²) in [6.45, 7) is 4.13. The number of esters is 1. The molecule has 0 saturated carbocycles. The van der Waals surface area contributed by atoms with Gasteiger partial charge in [0.2, 0.25) is 0 Å². The van der Waals surface area contributed by atoms with E-state index in [9.17, 15) is 13.2 Å². The summed E-state index contributed by atoms with van der Waals surface area (Å²) in [5, 5.41) is 3.35. The Kier molecular flexibility index (Phi) is 8.82. The molecule has 0 bridgehead atoms. The Bertz CT molecular complexity index is 898. The van der Waals surface area contributed by atoms with E-state index in [0.717, 1.165) is 29.3 Å². The van der Waals surface area contributed by atoms with Crippen molar-refractivity contribution in [3.05, 3.63) is 64.1 Å². The molecule has 158 valence electrons. The monoisotopic (exact) mass is 483 g/mol. The highest BCUT2D eigenvalue weighted by Gasteiger charge is 2.29. The molecule has 3 rings (SSSR count). The van der Waals surface area contributed by atoms with Crippen LogP contribution in [0.15, 0.2) is 57.9 Å². The summed E-state index contributed by atoms with van der Waals surface area (Å²) >= 11 is 3.43. The first-order valence-corrected chi connectivity index (χ1v) is 11.6. The number of aryl methyl sites for hydroxylation is 1. The minimum Gasteiger partial charge on any atom is -0.465 e. The highest BCUT2D eigenvalue weighted by atomic mass is 79.9. The molecule has 2 aromatic carbocycles. The summed E-state index contributed by atoms with van der Waals surface area (Å²) in [4.78, 5) is 11.5. The zero-order valence-electron chi connectivity index (χ0n) is 16.5. The van der Waals surface area contributed by atoms with Gasteiger partial charge >= 0.3 is 5.97 Å². The van der Waals surface area contributed by atoms with Gasteiger partial charge in [0.25, 0.3) is 10.1 Å². The lowest BCUT2D eigenvalue weighted by atomic mass is 10.0. The molecule has 0 spiro atoms. The van der Waals surface area contributed by atoms with Crippen LogP contribution in [0, 0.1) is 6.92 Å². The second-order valence-electron chi connectivity index (χ2n) is 6.86. The van der Waals surface area contributed by atoms with E-state index in [0.29, 0.717) is 12.6 Å². The number of ether oxygens (including phenoxy) is 1. The van der Waals surface area contributed by atoms with Crippen molar-refractivity contribution in [2.75, 3.05) is 6.61 Å². The summed E-state index contributed by atoms with van der Waals surface area (Å²) in [7, 11) is -4.02. The van der Waals surface area contributed by atoms with Crippen LogP contribution in [-0.2, 0) is 26.1 Å². The van der Waals surface area contributed by atoms with Crippen LogP contribution in [-0.4, -0.2) is 37.6 Å². The zero-order valence-corrected chi connectivity index (χ0v) is 18.9. The number of hydrogen-bond donors (Lipinski definition) is 2. The maximum Gasteiger partial charge on any atom is 0.323 e. The second kappa shape index (κ2) is 10.9. The van der Waals surface area contributed by atoms with Crippen LogP contribution in [0.5, 0.6) is 0 Å². The molecule has 1 fully saturated rings. The van der Waals surface area contributed by atoms with E-state index in [-0.39, 0.29) is 16.9 Å². The van der Waals surface area contributed by atoms with Crippen LogP contribution in [0.25, 0.3) is 0 Å². The van der Waals surface area contributed by atoms with Gasteiger partial charge in [-0.2, -0.15) is 8.42 Å². The maximum atomic E-state index is 11.6. The number of rotatable bonds is 5. The van der Waals surface area contributed by atoms with Crippen molar-refractivity contribution in [2.45, 2.75) is 50.1 Å². The van der Waals surface area contributed by atoms with Crippen LogP contribution in [0.1, 0.15) is 30.9 Å². The average molecular weight is 484 g/mol. The molecule has 1 aliphatic rings. The maximum absolute atomic E-state index is 11.6. The molecule has 0 amide bonds. The van der Waals surface area contributed by atoms with Gasteiger partial charge in [-0.05, 0) is 62.9 Å². The number of benzene rings is 2. The van der Waals surface area contributed by atoms with Crippen molar-refractivity contribution < 1.29 is 22.5 Å². The summed E-state index contributed by atoms with van der Waals surface area (Å²) in [6.07, 6.45) is 2.86. The van der Waals surface area contributed by atoms with Crippen LogP contribution in [0.2, 0.25) is 0 Å². The molecule has 8 heteroatoms. The van der Waals surface area contributed by atoms with E-state index in [1.54, 1.807) is 12.1 Å².